The summed E-state index contributed by atoms with van der Waals surface area (Å²) < 4.78 is 4.83. The molecule has 0 aromatic carbocycles. The molecule has 1 N–H and O–H groups in total. The van der Waals surface area contributed by atoms with Crippen LogP contribution in [0.3, 0.4) is 0 Å². The zero-order valence-corrected chi connectivity index (χ0v) is 10.8. The van der Waals surface area contributed by atoms with Gasteiger partial charge in [0.05, 0.1) is 7.11 Å². The van der Waals surface area contributed by atoms with Crippen LogP contribution in [0.15, 0.2) is 0 Å². The minimum atomic E-state index is -0.101. The molecule has 1 aliphatic carbocycles. The highest BCUT2D eigenvalue weighted by molar-refractivity contribution is 5.75. The fourth-order valence-electron chi connectivity index (χ4n) is 2.22. The van der Waals surface area contributed by atoms with E-state index in [1.165, 1.54) is 26.4 Å². The second-order valence-electron chi connectivity index (χ2n) is 4.78. The summed E-state index contributed by atoms with van der Waals surface area (Å²) in [5, 5.41) is 3.44. The molecule has 3 unspecified atom stereocenters. The Kier molecular flexibility index (Phi) is 5.81. The summed E-state index contributed by atoms with van der Waals surface area (Å²) in [6, 6.07) is 0.470. The Morgan fingerprint density at radius 1 is 1.44 bits per heavy atom. The van der Waals surface area contributed by atoms with Crippen LogP contribution in [-0.4, -0.2) is 25.2 Å². The Hall–Kier alpha value is -0.570. The van der Waals surface area contributed by atoms with Crippen molar-refractivity contribution >= 4 is 5.97 Å². The first-order valence-electron chi connectivity index (χ1n) is 6.56. The first-order valence-corrected chi connectivity index (χ1v) is 6.56. The van der Waals surface area contributed by atoms with E-state index in [4.69, 9.17) is 4.74 Å². The van der Waals surface area contributed by atoms with Crippen LogP contribution in [0.5, 0.6) is 0 Å². The number of unbranched alkanes of at least 4 members (excludes halogenated alkanes) is 1. The maximum Gasteiger partial charge on any atom is 0.322 e. The Balaban J connectivity index is 2.30. The molecule has 0 amide bonds. The summed E-state index contributed by atoms with van der Waals surface area (Å²) in [4.78, 5) is 11.6. The zero-order valence-electron chi connectivity index (χ0n) is 10.8. The third-order valence-corrected chi connectivity index (χ3v) is 3.33. The van der Waals surface area contributed by atoms with Crippen molar-refractivity contribution in [3.63, 3.8) is 0 Å². The second-order valence-corrected chi connectivity index (χ2v) is 4.78. The van der Waals surface area contributed by atoms with Crippen LogP contribution >= 0.6 is 0 Å². The second kappa shape index (κ2) is 6.89. The van der Waals surface area contributed by atoms with Crippen molar-refractivity contribution in [2.45, 2.75) is 64.5 Å². The SMILES string of the molecule is CCCCC(NC1CC1CCC)C(=O)OC. The summed E-state index contributed by atoms with van der Waals surface area (Å²) >= 11 is 0. The molecule has 0 saturated heterocycles. The first-order chi connectivity index (χ1) is 7.72. The topological polar surface area (TPSA) is 38.3 Å². The van der Waals surface area contributed by atoms with E-state index in [0.717, 1.165) is 25.2 Å². The summed E-state index contributed by atoms with van der Waals surface area (Å²) in [5.74, 6) is 0.689. The van der Waals surface area contributed by atoms with Gasteiger partial charge in [0.25, 0.3) is 0 Å². The lowest BCUT2D eigenvalue weighted by Gasteiger charge is -2.16. The van der Waals surface area contributed by atoms with Gasteiger partial charge in [-0.3, -0.25) is 4.79 Å². The van der Waals surface area contributed by atoms with Crippen molar-refractivity contribution in [1.82, 2.24) is 5.32 Å². The molecule has 1 rings (SSSR count). The van der Waals surface area contributed by atoms with Gasteiger partial charge in [-0.25, -0.2) is 0 Å². The average Bonchev–Trinajstić information content (AvgIpc) is 3.02. The van der Waals surface area contributed by atoms with Gasteiger partial charge in [0.1, 0.15) is 6.04 Å². The largest absolute Gasteiger partial charge is 0.468 e. The van der Waals surface area contributed by atoms with E-state index >= 15 is 0 Å². The summed E-state index contributed by atoms with van der Waals surface area (Å²) in [6.45, 7) is 4.36. The molecule has 1 saturated carbocycles. The molecule has 94 valence electrons. The fraction of sp³-hybridized carbons (Fsp3) is 0.923. The van der Waals surface area contributed by atoms with Crippen molar-refractivity contribution in [3.8, 4) is 0 Å². The van der Waals surface area contributed by atoms with E-state index in [9.17, 15) is 4.79 Å². The Labute approximate surface area is 98.9 Å². The molecule has 1 fully saturated rings. The number of carbonyl (C=O) groups excluding carboxylic acids is 1. The molecular formula is C13H25NO2. The molecule has 3 nitrogen and oxygen atoms in total. The smallest absolute Gasteiger partial charge is 0.322 e. The van der Waals surface area contributed by atoms with Crippen molar-refractivity contribution in [3.05, 3.63) is 0 Å². The van der Waals surface area contributed by atoms with E-state index in [1.807, 2.05) is 0 Å². The highest BCUT2D eigenvalue weighted by Gasteiger charge is 2.38. The molecule has 0 aliphatic heterocycles. The van der Waals surface area contributed by atoms with E-state index in [2.05, 4.69) is 19.2 Å². The molecule has 0 spiro atoms. The van der Waals surface area contributed by atoms with Crippen molar-refractivity contribution < 1.29 is 9.53 Å². The van der Waals surface area contributed by atoms with Gasteiger partial charge in [0.15, 0.2) is 0 Å². The maximum atomic E-state index is 11.6. The average molecular weight is 227 g/mol. The van der Waals surface area contributed by atoms with Gasteiger partial charge in [-0.15, -0.1) is 0 Å². The molecule has 0 bridgehead atoms. The lowest BCUT2D eigenvalue weighted by atomic mass is 10.1. The Morgan fingerprint density at radius 2 is 2.19 bits per heavy atom. The molecule has 0 aromatic heterocycles. The van der Waals surface area contributed by atoms with Crippen LogP contribution < -0.4 is 5.32 Å². The third kappa shape index (κ3) is 4.12. The predicted octanol–water partition coefficient (Wildman–Crippen LogP) is 2.50. The zero-order chi connectivity index (χ0) is 12.0. The maximum absolute atomic E-state index is 11.6. The van der Waals surface area contributed by atoms with E-state index in [-0.39, 0.29) is 12.0 Å². The summed E-state index contributed by atoms with van der Waals surface area (Å²) in [5.41, 5.74) is 0. The molecule has 0 radical (unpaired) electrons. The lowest BCUT2D eigenvalue weighted by Crippen LogP contribution is -2.39. The van der Waals surface area contributed by atoms with Gasteiger partial charge in [0, 0.05) is 6.04 Å². The monoisotopic (exact) mass is 227 g/mol. The molecule has 1 aliphatic rings. The molecule has 16 heavy (non-hydrogen) atoms. The lowest BCUT2D eigenvalue weighted by molar-refractivity contribution is -0.143. The summed E-state index contributed by atoms with van der Waals surface area (Å²) in [7, 11) is 1.47. The minimum Gasteiger partial charge on any atom is -0.468 e. The number of nitrogens with one attached hydrogen (secondary N) is 1. The van der Waals surface area contributed by atoms with Crippen molar-refractivity contribution in [2.75, 3.05) is 7.11 Å². The highest BCUT2D eigenvalue weighted by atomic mass is 16.5. The summed E-state index contributed by atoms with van der Waals surface area (Å²) in [6.07, 6.45) is 6.85. The number of rotatable bonds is 8. The Morgan fingerprint density at radius 3 is 2.75 bits per heavy atom. The third-order valence-electron chi connectivity index (χ3n) is 3.33. The van der Waals surface area contributed by atoms with Crippen molar-refractivity contribution in [2.24, 2.45) is 5.92 Å². The number of carbonyl (C=O) groups is 1. The van der Waals surface area contributed by atoms with E-state index < -0.39 is 0 Å². The van der Waals surface area contributed by atoms with Crippen LogP contribution in [0.25, 0.3) is 0 Å². The van der Waals surface area contributed by atoms with Crippen LogP contribution in [0.1, 0.15) is 52.4 Å². The molecule has 0 heterocycles. The normalized spacial score (nSPS) is 25.2. The number of hydrogen-bond donors (Lipinski definition) is 1. The quantitative estimate of drug-likeness (QED) is 0.647. The first kappa shape index (κ1) is 13.5. The highest BCUT2D eigenvalue weighted by Crippen LogP contribution is 2.35. The van der Waals surface area contributed by atoms with Crippen LogP contribution in [0, 0.1) is 5.92 Å². The van der Waals surface area contributed by atoms with Crippen LogP contribution in [0.4, 0.5) is 0 Å². The number of methoxy groups -OCH3 is 1. The fourth-order valence-corrected chi connectivity index (χ4v) is 2.22. The van der Waals surface area contributed by atoms with Gasteiger partial charge in [-0.1, -0.05) is 33.1 Å². The molecule has 3 heteroatoms. The predicted molar refractivity (Wildman–Crippen MR) is 65.3 cm³/mol. The van der Waals surface area contributed by atoms with Gasteiger partial charge >= 0.3 is 5.97 Å². The van der Waals surface area contributed by atoms with Gasteiger partial charge in [-0.05, 0) is 25.2 Å². The molecule has 3 atom stereocenters. The number of esters is 1. The van der Waals surface area contributed by atoms with Gasteiger partial charge in [-0.2, -0.15) is 0 Å². The number of ether oxygens (including phenoxy) is 1. The minimum absolute atomic E-state index is 0.0863. The van der Waals surface area contributed by atoms with Crippen LogP contribution in [0.2, 0.25) is 0 Å². The van der Waals surface area contributed by atoms with Crippen molar-refractivity contribution in [1.29, 1.82) is 0 Å². The standard InChI is InChI=1S/C13H25NO2/c1-4-6-8-11(13(15)16-3)14-12-9-10(12)7-5-2/h10-12,14H,4-9H2,1-3H3. The van der Waals surface area contributed by atoms with Gasteiger partial charge in [0.2, 0.25) is 0 Å². The van der Waals surface area contributed by atoms with E-state index in [0.29, 0.717) is 6.04 Å². The number of hydrogen-bond acceptors (Lipinski definition) is 3. The Bertz CT molecular complexity index is 218. The van der Waals surface area contributed by atoms with E-state index in [1.54, 1.807) is 0 Å². The molecule has 0 aromatic rings. The van der Waals surface area contributed by atoms with Gasteiger partial charge < -0.3 is 10.1 Å². The van der Waals surface area contributed by atoms with Crippen LogP contribution in [-0.2, 0) is 9.53 Å². The molecular weight excluding hydrogens is 202 g/mol.